The minimum atomic E-state index is -2.89. The fourth-order valence-corrected chi connectivity index (χ4v) is 3.82. The van der Waals surface area contributed by atoms with Crippen LogP contribution in [0.25, 0.3) is 0 Å². The summed E-state index contributed by atoms with van der Waals surface area (Å²) in [6.45, 7) is 1.45. The van der Waals surface area contributed by atoms with Gasteiger partial charge in [-0.2, -0.15) is 0 Å². The van der Waals surface area contributed by atoms with Crippen molar-refractivity contribution >= 4 is 9.84 Å². The van der Waals surface area contributed by atoms with Gasteiger partial charge in [0.05, 0.1) is 25.7 Å². The van der Waals surface area contributed by atoms with Crippen LogP contribution in [-0.4, -0.2) is 58.7 Å². The average molecular weight is 314 g/mol. The molecule has 1 aromatic carbocycles. The molecule has 21 heavy (non-hydrogen) atoms. The zero-order chi connectivity index (χ0) is 15.5. The minimum Gasteiger partial charge on any atom is -0.493 e. The van der Waals surface area contributed by atoms with E-state index in [1.807, 2.05) is 18.2 Å². The number of nitrogens with zero attached hydrogens (tertiary/aromatic N) is 1. The lowest BCUT2D eigenvalue weighted by Gasteiger charge is -2.34. The quantitative estimate of drug-likeness (QED) is 0.849. The van der Waals surface area contributed by atoms with Crippen LogP contribution in [0.4, 0.5) is 0 Å². The molecule has 1 unspecified atom stereocenters. The summed E-state index contributed by atoms with van der Waals surface area (Å²) in [6, 6.07) is 5.68. The smallest absolute Gasteiger partial charge is 0.161 e. The number of nitrogens with two attached hydrogens (primary N) is 1. The summed E-state index contributed by atoms with van der Waals surface area (Å²) >= 11 is 0. The van der Waals surface area contributed by atoms with Crippen molar-refractivity contribution in [1.29, 1.82) is 0 Å². The summed E-state index contributed by atoms with van der Waals surface area (Å²) in [7, 11) is 0.290. The number of rotatable bonds is 5. The molecule has 0 saturated carbocycles. The summed E-state index contributed by atoms with van der Waals surface area (Å²) in [6.07, 6.45) is 0. The molecule has 1 aromatic rings. The van der Waals surface area contributed by atoms with Gasteiger partial charge in [0, 0.05) is 25.7 Å². The van der Waals surface area contributed by atoms with Crippen LogP contribution in [0.3, 0.4) is 0 Å². The van der Waals surface area contributed by atoms with E-state index in [4.69, 9.17) is 15.2 Å². The van der Waals surface area contributed by atoms with Crippen molar-refractivity contribution in [2.24, 2.45) is 5.73 Å². The number of methoxy groups -OCH3 is 2. The van der Waals surface area contributed by atoms with Crippen LogP contribution < -0.4 is 15.2 Å². The van der Waals surface area contributed by atoms with Crippen molar-refractivity contribution in [2.45, 2.75) is 6.04 Å². The van der Waals surface area contributed by atoms with Gasteiger partial charge < -0.3 is 15.2 Å². The second kappa shape index (κ2) is 6.64. The maximum absolute atomic E-state index is 11.5. The zero-order valence-corrected chi connectivity index (χ0v) is 13.2. The molecule has 2 N–H and O–H groups in total. The summed E-state index contributed by atoms with van der Waals surface area (Å²) < 4.78 is 33.6. The molecular weight excluding hydrogens is 292 g/mol. The molecule has 7 heteroatoms. The topological polar surface area (TPSA) is 81.9 Å². The van der Waals surface area contributed by atoms with Gasteiger partial charge in [-0.25, -0.2) is 8.42 Å². The maximum atomic E-state index is 11.5. The number of hydrogen-bond acceptors (Lipinski definition) is 6. The van der Waals surface area contributed by atoms with Crippen LogP contribution in [0, 0.1) is 0 Å². The first-order valence-corrected chi connectivity index (χ1v) is 8.69. The van der Waals surface area contributed by atoms with Gasteiger partial charge in [0.2, 0.25) is 0 Å². The van der Waals surface area contributed by atoms with E-state index >= 15 is 0 Å². The second-order valence-electron chi connectivity index (χ2n) is 5.05. The zero-order valence-electron chi connectivity index (χ0n) is 12.4. The maximum Gasteiger partial charge on any atom is 0.161 e. The summed E-state index contributed by atoms with van der Waals surface area (Å²) in [5.74, 6) is 1.70. The molecular formula is C14H22N2O4S. The molecule has 0 aliphatic carbocycles. The highest BCUT2D eigenvalue weighted by Gasteiger charge is 2.27. The fourth-order valence-electron chi connectivity index (χ4n) is 2.59. The van der Waals surface area contributed by atoms with Crippen LogP contribution in [0.2, 0.25) is 0 Å². The van der Waals surface area contributed by atoms with Crippen molar-refractivity contribution in [3.05, 3.63) is 23.8 Å². The van der Waals surface area contributed by atoms with Crippen LogP contribution in [0.1, 0.15) is 11.6 Å². The molecule has 0 aromatic heterocycles. The average Bonchev–Trinajstić information content (AvgIpc) is 2.49. The Bertz CT molecular complexity index is 575. The molecule has 2 rings (SSSR count). The van der Waals surface area contributed by atoms with Gasteiger partial charge in [-0.05, 0) is 17.7 Å². The molecule has 1 aliphatic heterocycles. The third kappa shape index (κ3) is 3.66. The van der Waals surface area contributed by atoms with Crippen LogP contribution >= 0.6 is 0 Å². The normalized spacial score (nSPS) is 20.0. The van der Waals surface area contributed by atoms with E-state index in [2.05, 4.69) is 4.90 Å². The van der Waals surface area contributed by atoms with Crippen molar-refractivity contribution in [1.82, 2.24) is 4.90 Å². The fraction of sp³-hybridized carbons (Fsp3) is 0.571. The van der Waals surface area contributed by atoms with Crippen LogP contribution in [0.5, 0.6) is 11.5 Å². The molecule has 1 atom stereocenters. The Balaban J connectivity index is 2.21. The molecule has 1 heterocycles. The standard InChI is InChI=1S/C14H22N2O4S/c1-19-13-4-3-11(9-14(13)20-2)12(10-15)16-5-7-21(17,18)8-6-16/h3-4,9,12H,5-8,10,15H2,1-2H3. The summed E-state index contributed by atoms with van der Waals surface area (Å²) in [4.78, 5) is 2.11. The first-order chi connectivity index (χ1) is 10.0. The first-order valence-electron chi connectivity index (χ1n) is 6.87. The summed E-state index contributed by atoms with van der Waals surface area (Å²) in [5.41, 5.74) is 6.91. The Kier molecular flexibility index (Phi) is 5.08. The molecule has 6 nitrogen and oxygen atoms in total. The van der Waals surface area contributed by atoms with E-state index in [0.717, 1.165) is 5.56 Å². The lowest BCUT2D eigenvalue weighted by atomic mass is 10.0. The van der Waals surface area contributed by atoms with Crippen molar-refractivity contribution in [3.63, 3.8) is 0 Å². The summed E-state index contributed by atoms with van der Waals surface area (Å²) in [5, 5.41) is 0. The van der Waals surface area contributed by atoms with E-state index in [0.29, 0.717) is 31.1 Å². The molecule has 0 radical (unpaired) electrons. The van der Waals surface area contributed by atoms with E-state index in [1.54, 1.807) is 14.2 Å². The van der Waals surface area contributed by atoms with Gasteiger partial charge in [-0.1, -0.05) is 6.07 Å². The number of hydrogen-bond donors (Lipinski definition) is 1. The number of ether oxygens (including phenoxy) is 2. The van der Waals surface area contributed by atoms with Gasteiger partial charge in [0.1, 0.15) is 0 Å². The third-order valence-electron chi connectivity index (χ3n) is 3.84. The van der Waals surface area contributed by atoms with Gasteiger partial charge in [0.15, 0.2) is 21.3 Å². The van der Waals surface area contributed by atoms with E-state index in [1.165, 1.54) is 0 Å². The predicted octanol–water partition coefficient (Wildman–Crippen LogP) is 0.434. The molecule has 1 aliphatic rings. The second-order valence-corrected chi connectivity index (χ2v) is 7.36. The number of sulfone groups is 1. The van der Waals surface area contributed by atoms with E-state index < -0.39 is 9.84 Å². The van der Waals surface area contributed by atoms with Crippen molar-refractivity contribution < 1.29 is 17.9 Å². The molecule has 118 valence electrons. The van der Waals surface area contributed by atoms with Gasteiger partial charge in [-0.3, -0.25) is 4.90 Å². The lowest BCUT2D eigenvalue weighted by molar-refractivity contribution is 0.218. The minimum absolute atomic E-state index is 0.0136. The monoisotopic (exact) mass is 314 g/mol. The first kappa shape index (κ1) is 16.1. The van der Waals surface area contributed by atoms with Gasteiger partial charge in [0.25, 0.3) is 0 Å². The Morgan fingerprint density at radius 3 is 2.33 bits per heavy atom. The Labute approximate surface area is 125 Å². The van der Waals surface area contributed by atoms with Crippen molar-refractivity contribution in [2.75, 3.05) is 45.4 Å². The molecule has 0 amide bonds. The predicted molar refractivity (Wildman–Crippen MR) is 81.6 cm³/mol. The molecule has 0 bridgehead atoms. The Morgan fingerprint density at radius 2 is 1.81 bits per heavy atom. The van der Waals surface area contributed by atoms with Gasteiger partial charge in [-0.15, -0.1) is 0 Å². The van der Waals surface area contributed by atoms with E-state index in [9.17, 15) is 8.42 Å². The highest BCUT2D eigenvalue weighted by molar-refractivity contribution is 7.91. The number of benzene rings is 1. The van der Waals surface area contributed by atoms with Crippen LogP contribution in [0.15, 0.2) is 18.2 Å². The third-order valence-corrected chi connectivity index (χ3v) is 5.44. The highest BCUT2D eigenvalue weighted by Crippen LogP contribution is 2.32. The Morgan fingerprint density at radius 1 is 1.19 bits per heavy atom. The van der Waals surface area contributed by atoms with Crippen LogP contribution in [-0.2, 0) is 9.84 Å². The largest absolute Gasteiger partial charge is 0.493 e. The Hall–Kier alpha value is -1.31. The SMILES string of the molecule is COc1ccc(C(CN)N2CCS(=O)(=O)CC2)cc1OC. The van der Waals surface area contributed by atoms with Gasteiger partial charge >= 0.3 is 0 Å². The highest BCUT2D eigenvalue weighted by atomic mass is 32.2. The lowest BCUT2D eigenvalue weighted by Crippen LogP contribution is -2.44. The molecule has 0 spiro atoms. The molecule has 1 fully saturated rings. The van der Waals surface area contributed by atoms with Crippen molar-refractivity contribution in [3.8, 4) is 11.5 Å². The molecule has 1 saturated heterocycles. The van der Waals surface area contributed by atoms with E-state index in [-0.39, 0.29) is 17.5 Å².